The van der Waals surface area contributed by atoms with Crippen molar-refractivity contribution < 1.29 is 14.3 Å². The molecule has 0 saturated heterocycles. The molecule has 0 heterocycles. The van der Waals surface area contributed by atoms with Gasteiger partial charge in [0.25, 0.3) is 5.91 Å². The molecule has 0 aliphatic rings. The van der Waals surface area contributed by atoms with Crippen LogP contribution >= 0.6 is 11.8 Å². The van der Waals surface area contributed by atoms with Crippen LogP contribution in [-0.2, 0) is 0 Å². The zero-order valence-corrected chi connectivity index (χ0v) is 13.9. The zero-order valence-electron chi connectivity index (χ0n) is 13.1. The maximum absolute atomic E-state index is 13.9. The Morgan fingerprint density at radius 1 is 1.43 bits per heavy atom. The van der Waals surface area contributed by atoms with Crippen molar-refractivity contribution in [1.29, 1.82) is 0 Å². The van der Waals surface area contributed by atoms with E-state index >= 15 is 0 Å². The number of rotatable bonds is 6. The molecule has 1 amide bonds. The van der Waals surface area contributed by atoms with Crippen molar-refractivity contribution in [1.82, 2.24) is 5.32 Å². The fourth-order valence-electron chi connectivity index (χ4n) is 1.97. The molecule has 0 saturated carbocycles. The average Bonchev–Trinajstić information content (AvgIpc) is 2.41. The van der Waals surface area contributed by atoms with Crippen LogP contribution in [0.3, 0.4) is 0 Å². The summed E-state index contributed by atoms with van der Waals surface area (Å²) in [6.45, 7) is 6.16. The van der Waals surface area contributed by atoms with Crippen LogP contribution in [0.1, 0.15) is 44.0 Å². The molecule has 21 heavy (non-hydrogen) atoms. The summed E-state index contributed by atoms with van der Waals surface area (Å²) in [5, 5.41) is 12.1. The summed E-state index contributed by atoms with van der Waals surface area (Å²) in [7, 11) is 0. The molecule has 1 rings (SSSR count). The van der Waals surface area contributed by atoms with Crippen molar-refractivity contribution in [3.05, 3.63) is 29.6 Å². The minimum Gasteiger partial charge on any atom is -0.394 e. The smallest absolute Gasteiger partial charge is 0.255 e. The molecule has 0 bridgehead atoms. The number of hydrogen-bond acceptors (Lipinski definition) is 3. The second-order valence-electron chi connectivity index (χ2n) is 6.27. The average molecular weight is 313 g/mol. The molecule has 0 fully saturated rings. The van der Waals surface area contributed by atoms with Gasteiger partial charge in [-0.25, -0.2) is 4.39 Å². The molecule has 0 radical (unpaired) electrons. The molecular formula is C16H24FNO2S. The standard InChI is InChI=1S/C16H24FNO2S/c1-16(2,3)9-8-11(10-19)18-15(20)14-12(17)6-5-7-13(14)21-4/h5-7,11,19H,8-10H2,1-4H3,(H,18,20). The highest BCUT2D eigenvalue weighted by atomic mass is 32.2. The summed E-state index contributed by atoms with van der Waals surface area (Å²) in [5.41, 5.74) is 0.180. The Morgan fingerprint density at radius 2 is 2.10 bits per heavy atom. The highest BCUT2D eigenvalue weighted by Crippen LogP contribution is 2.24. The lowest BCUT2D eigenvalue weighted by molar-refractivity contribution is 0.0900. The molecular weight excluding hydrogens is 289 g/mol. The first kappa shape index (κ1) is 18.0. The maximum Gasteiger partial charge on any atom is 0.255 e. The van der Waals surface area contributed by atoms with E-state index in [1.54, 1.807) is 18.4 Å². The van der Waals surface area contributed by atoms with E-state index in [2.05, 4.69) is 26.1 Å². The van der Waals surface area contributed by atoms with Crippen molar-refractivity contribution >= 4 is 17.7 Å². The third-order valence-electron chi connectivity index (χ3n) is 3.22. The number of carbonyl (C=O) groups excluding carboxylic acids is 1. The lowest BCUT2D eigenvalue weighted by atomic mass is 9.89. The summed E-state index contributed by atoms with van der Waals surface area (Å²) in [4.78, 5) is 12.9. The van der Waals surface area contributed by atoms with Crippen molar-refractivity contribution in [3.8, 4) is 0 Å². The van der Waals surface area contributed by atoms with Crippen LogP contribution in [0.4, 0.5) is 4.39 Å². The van der Waals surface area contributed by atoms with Gasteiger partial charge in [0, 0.05) is 4.90 Å². The number of aliphatic hydroxyl groups excluding tert-OH is 1. The van der Waals surface area contributed by atoms with Crippen molar-refractivity contribution in [2.75, 3.05) is 12.9 Å². The Balaban J connectivity index is 2.79. The van der Waals surface area contributed by atoms with Crippen LogP contribution in [0.2, 0.25) is 0 Å². The first-order chi connectivity index (χ1) is 9.78. The van der Waals surface area contributed by atoms with E-state index in [0.29, 0.717) is 11.3 Å². The molecule has 2 N–H and O–H groups in total. The SMILES string of the molecule is CSc1cccc(F)c1C(=O)NC(CO)CCC(C)(C)C. The molecule has 0 aliphatic carbocycles. The summed E-state index contributed by atoms with van der Waals surface area (Å²) < 4.78 is 13.9. The van der Waals surface area contributed by atoms with E-state index < -0.39 is 11.7 Å². The molecule has 1 unspecified atom stereocenters. The second-order valence-corrected chi connectivity index (χ2v) is 7.12. The number of halogens is 1. The first-order valence-corrected chi connectivity index (χ1v) is 8.25. The molecule has 0 aliphatic heterocycles. The molecule has 0 aromatic heterocycles. The Morgan fingerprint density at radius 3 is 2.62 bits per heavy atom. The van der Waals surface area contributed by atoms with Gasteiger partial charge in [-0.3, -0.25) is 4.79 Å². The van der Waals surface area contributed by atoms with Gasteiger partial charge in [-0.05, 0) is 36.6 Å². The quantitative estimate of drug-likeness (QED) is 0.791. The minimum absolute atomic E-state index is 0.0548. The fourth-order valence-corrected chi connectivity index (χ4v) is 2.58. The summed E-state index contributed by atoms with van der Waals surface area (Å²) in [6, 6.07) is 4.22. The van der Waals surface area contributed by atoms with Gasteiger partial charge in [-0.1, -0.05) is 26.8 Å². The van der Waals surface area contributed by atoms with Crippen LogP contribution in [0, 0.1) is 11.2 Å². The molecule has 3 nitrogen and oxygen atoms in total. The van der Waals surface area contributed by atoms with Gasteiger partial charge in [-0.2, -0.15) is 0 Å². The molecule has 1 aromatic rings. The molecule has 5 heteroatoms. The van der Waals surface area contributed by atoms with E-state index in [0.717, 1.165) is 6.42 Å². The lowest BCUT2D eigenvalue weighted by Crippen LogP contribution is -2.38. The number of aliphatic hydroxyl groups is 1. The van der Waals surface area contributed by atoms with Gasteiger partial charge in [-0.15, -0.1) is 11.8 Å². The number of benzene rings is 1. The minimum atomic E-state index is -0.535. The van der Waals surface area contributed by atoms with Crippen molar-refractivity contribution in [2.24, 2.45) is 5.41 Å². The predicted octanol–water partition coefficient (Wildman–Crippen LogP) is 3.46. The van der Waals surface area contributed by atoms with Crippen LogP contribution in [0.5, 0.6) is 0 Å². The number of hydrogen-bond donors (Lipinski definition) is 2. The highest BCUT2D eigenvalue weighted by molar-refractivity contribution is 7.98. The molecule has 118 valence electrons. The topological polar surface area (TPSA) is 49.3 Å². The highest BCUT2D eigenvalue weighted by Gasteiger charge is 2.21. The molecule has 1 aromatic carbocycles. The van der Waals surface area contributed by atoms with E-state index in [4.69, 9.17) is 0 Å². The molecule has 0 spiro atoms. The van der Waals surface area contributed by atoms with Crippen LogP contribution in [0.25, 0.3) is 0 Å². The Labute approximate surface area is 130 Å². The van der Waals surface area contributed by atoms with Gasteiger partial charge in [0.15, 0.2) is 0 Å². The summed E-state index contributed by atoms with van der Waals surface area (Å²) >= 11 is 1.33. The van der Waals surface area contributed by atoms with Gasteiger partial charge < -0.3 is 10.4 Å². The van der Waals surface area contributed by atoms with E-state index in [-0.39, 0.29) is 23.6 Å². The van der Waals surface area contributed by atoms with Crippen molar-refractivity contribution in [3.63, 3.8) is 0 Å². The number of amides is 1. The van der Waals surface area contributed by atoms with E-state index in [9.17, 15) is 14.3 Å². The maximum atomic E-state index is 13.9. The molecule has 1 atom stereocenters. The normalized spacial score (nSPS) is 13.0. The largest absolute Gasteiger partial charge is 0.394 e. The van der Waals surface area contributed by atoms with Gasteiger partial charge in [0.05, 0.1) is 18.2 Å². The third-order valence-corrected chi connectivity index (χ3v) is 4.00. The number of carbonyl (C=O) groups is 1. The van der Waals surface area contributed by atoms with Gasteiger partial charge in [0.1, 0.15) is 5.82 Å². The van der Waals surface area contributed by atoms with Crippen LogP contribution < -0.4 is 5.32 Å². The van der Waals surface area contributed by atoms with Crippen LogP contribution in [0.15, 0.2) is 23.1 Å². The van der Waals surface area contributed by atoms with Gasteiger partial charge in [0.2, 0.25) is 0 Å². The number of nitrogens with one attached hydrogen (secondary N) is 1. The van der Waals surface area contributed by atoms with E-state index in [1.165, 1.54) is 17.8 Å². The Hall–Kier alpha value is -1.07. The fraction of sp³-hybridized carbons (Fsp3) is 0.562. The number of thioether (sulfide) groups is 1. The second kappa shape index (κ2) is 7.80. The zero-order chi connectivity index (χ0) is 16.0. The predicted molar refractivity (Wildman–Crippen MR) is 85.2 cm³/mol. The van der Waals surface area contributed by atoms with Gasteiger partial charge >= 0.3 is 0 Å². The lowest BCUT2D eigenvalue weighted by Gasteiger charge is -2.23. The summed E-state index contributed by atoms with van der Waals surface area (Å²) in [5.74, 6) is -1.00. The van der Waals surface area contributed by atoms with Crippen LogP contribution in [-0.4, -0.2) is 29.9 Å². The summed E-state index contributed by atoms with van der Waals surface area (Å²) in [6.07, 6.45) is 3.33. The van der Waals surface area contributed by atoms with Crippen molar-refractivity contribution in [2.45, 2.75) is 44.6 Å². The monoisotopic (exact) mass is 313 g/mol. The first-order valence-electron chi connectivity index (χ1n) is 7.02. The van der Waals surface area contributed by atoms with E-state index in [1.807, 2.05) is 0 Å². The Bertz CT molecular complexity index is 486. The third kappa shape index (κ3) is 5.67. The Kier molecular flexibility index (Phi) is 6.68.